The number of carbonyl (C=O) groups excluding carboxylic acids is 1. The third-order valence-electron chi connectivity index (χ3n) is 6.07. The fourth-order valence-corrected chi connectivity index (χ4v) is 5.32. The highest BCUT2D eigenvalue weighted by Crippen LogP contribution is 2.38. The summed E-state index contributed by atoms with van der Waals surface area (Å²) in [6.45, 7) is 5.85. The predicted molar refractivity (Wildman–Crippen MR) is 125 cm³/mol. The van der Waals surface area contributed by atoms with E-state index in [9.17, 15) is 4.79 Å². The highest BCUT2D eigenvalue weighted by Gasteiger charge is 2.26. The third kappa shape index (κ3) is 3.27. The Morgan fingerprint density at radius 1 is 1.12 bits per heavy atom. The van der Waals surface area contributed by atoms with Gasteiger partial charge in [-0.15, -0.1) is 0 Å². The van der Waals surface area contributed by atoms with Gasteiger partial charge in [-0.3, -0.25) is 20.0 Å². The molecule has 0 spiro atoms. The summed E-state index contributed by atoms with van der Waals surface area (Å²) in [5, 5.41) is 4.49. The minimum absolute atomic E-state index is 0.144. The summed E-state index contributed by atoms with van der Waals surface area (Å²) in [4.78, 5) is 25.4. The largest absolute Gasteiger partial charge is 0.486 e. The van der Waals surface area contributed by atoms with Gasteiger partial charge >= 0.3 is 0 Å². The van der Waals surface area contributed by atoms with Crippen molar-refractivity contribution in [3.63, 3.8) is 0 Å². The number of nitrogens with one attached hydrogen (secondary N) is 1. The molecule has 0 radical (unpaired) electrons. The molecule has 0 aliphatic carbocycles. The van der Waals surface area contributed by atoms with Crippen LogP contribution in [0.1, 0.15) is 28.5 Å². The molecule has 0 saturated heterocycles. The lowest BCUT2D eigenvalue weighted by Gasteiger charge is -2.29. The molecule has 0 fully saturated rings. The number of pyridine rings is 1. The molecule has 0 bridgehead atoms. The fourth-order valence-electron chi connectivity index (χ4n) is 4.45. The maximum atomic E-state index is 13.6. The van der Waals surface area contributed by atoms with E-state index < -0.39 is 0 Å². The van der Waals surface area contributed by atoms with Gasteiger partial charge in [-0.1, -0.05) is 36.5 Å². The van der Waals surface area contributed by atoms with E-state index in [1.54, 1.807) is 0 Å². The van der Waals surface area contributed by atoms with Crippen LogP contribution in [0.15, 0.2) is 36.4 Å². The fraction of sp³-hybridized carbons (Fsp3) is 0.292. The number of aromatic nitrogens is 2. The van der Waals surface area contributed by atoms with Gasteiger partial charge < -0.3 is 9.47 Å². The van der Waals surface area contributed by atoms with E-state index >= 15 is 0 Å². The molecule has 0 unspecified atom stereocenters. The Morgan fingerprint density at radius 2 is 1.94 bits per heavy atom. The maximum absolute atomic E-state index is 13.6. The van der Waals surface area contributed by atoms with Crippen LogP contribution in [-0.2, 0) is 13.0 Å². The zero-order valence-electron chi connectivity index (χ0n) is 17.7. The number of nitrogens with zero attached hydrogens (tertiary/aromatic N) is 3. The number of hydrogen-bond acceptors (Lipinski definition) is 7. The topological polar surface area (TPSA) is 76.6 Å². The summed E-state index contributed by atoms with van der Waals surface area (Å²) in [5.74, 6) is 1.27. The monoisotopic (exact) mass is 446 g/mol. The van der Waals surface area contributed by atoms with Crippen LogP contribution in [0.25, 0.3) is 21.1 Å². The summed E-state index contributed by atoms with van der Waals surface area (Å²) in [6, 6.07) is 11.7. The standard InChI is InChI=1S/C24H22N4O3S/c1-2-28-8-7-17-15(13-28)22(14-5-3-4-6-16(14)25-17)23(29)27-24-26-18-11-19-20(12-21(18)32-24)31-10-9-30-19/h3-6,11-12H,2,7-10,13H2,1H3,(H,26,27,29). The molecule has 6 rings (SSSR count). The second-order valence-corrected chi connectivity index (χ2v) is 9.02. The number of para-hydroxylation sites is 1. The average molecular weight is 447 g/mol. The van der Waals surface area contributed by atoms with Crippen LogP contribution < -0.4 is 14.8 Å². The number of ether oxygens (including phenoxy) is 2. The van der Waals surface area contributed by atoms with Crippen LogP contribution >= 0.6 is 11.3 Å². The van der Waals surface area contributed by atoms with Crippen molar-refractivity contribution in [2.45, 2.75) is 19.9 Å². The van der Waals surface area contributed by atoms with Gasteiger partial charge in [0.15, 0.2) is 16.6 Å². The molecule has 162 valence electrons. The van der Waals surface area contributed by atoms with Crippen molar-refractivity contribution in [2.75, 3.05) is 31.6 Å². The average Bonchev–Trinajstić information content (AvgIpc) is 3.21. The first kappa shape index (κ1) is 19.5. The molecule has 4 heterocycles. The van der Waals surface area contributed by atoms with Crippen molar-refractivity contribution >= 4 is 43.5 Å². The first-order valence-corrected chi connectivity index (χ1v) is 11.7. The molecule has 7 nitrogen and oxygen atoms in total. The maximum Gasteiger partial charge on any atom is 0.258 e. The van der Waals surface area contributed by atoms with Crippen LogP contribution in [0.2, 0.25) is 0 Å². The molecule has 2 aliphatic heterocycles. The van der Waals surface area contributed by atoms with E-state index in [0.717, 1.165) is 64.2 Å². The van der Waals surface area contributed by atoms with E-state index in [4.69, 9.17) is 14.5 Å². The van der Waals surface area contributed by atoms with Gasteiger partial charge in [-0.2, -0.15) is 0 Å². The second-order valence-electron chi connectivity index (χ2n) is 7.98. The van der Waals surface area contributed by atoms with E-state index in [2.05, 4.69) is 22.1 Å². The summed E-state index contributed by atoms with van der Waals surface area (Å²) < 4.78 is 12.3. The van der Waals surface area contributed by atoms with E-state index in [1.807, 2.05) is 36.4 Å². The molecule has 4 aromatic rings. The lowest BCUT2D eigenvalue weighted by atomic mass is 9.95. The number of benzene rings is 2. The lowest BCUT2D eigenvalue weighted by molar-refractivity contribution is 0.102. The number of amides is 1. The van der Waals surface area contributed by atoms with Crippen molar-refractivity contribution in [2.24, 2.45) is 0 Å². The highest BCUT2D eigenvalue weighted by atomic mass is 32.1. The number of thiazole rings is 1. The molecular formula is C24H22N4O3S. The van der Waals surface area contributed by atoms with Crippen molar-refractivity contribution in [1.82, 2.24) is 14.9 Å². The molecule has 8 heteroatoms. The SMILES string of the molecule is CCN1CCc2nc3ccccc3c(C(=O)Nc3nc4cc5c(cc4s3)OCCO5)c2C1. The number of hydrogen-bond donors (Lipinski definition) is 1. The molecule has 0 atom stereocenters. The summed E-state index contributed by atoms with van der Waals surface area (Å²) in [5.41, 5.74) is 4.38. The Morgan fingerprint density at radius 3 is 2.78 bits per heavy atom. The molecule has 0 saturated carbocycles. The van der Waals surface area contributed by atoms with Crippen molar-refractivity contribution in [3.8, 4) is 11.5 Å². The van der Waals surface area contributed by atoms with Crippen molar-refractivity contribution < 1.29 is 14.3 Å². The third-order valence-corrected chi connectivity index (χ3v) is 7.01. The van der Waals surface area contributed by atoms with Gasteiger partial charge in [0.25, 0.3) is 5.91 Å². The quantitative estimate of drug-likeness (QED) is 0.507. The zero-order valence-corrected chi connectivity index (χ0v) is 18.5. The highest BCUT2D eigenvalue weighted by molar-refractivity contribution is 7.22. The summed E-state index contributed by atoms with van der Waals surface area (Å²) in [7, 11) is 0. The first-order valence-electron chi connectivity index (χ1n) is 10.8. The molecule has 2 aromatic carbocycles. The number of rotatable bonds is 3. The van der Waals surface area contributed by atoms with Gasteiger partial charge in [0.2, 0.25) is 0 Å². The molecule has 32 heavy (non-hydrogen) atoms. The molecule has 2 aliphatic rings. The van der Waals surface area contributed by atoms with Gasteiger partial charge in [-0.05, 0) is 12.6 Å². The molecule has 1 amide bonds. The van der Waals surface area contributed by atoms with Crippen LogP contribution in [-0.4, -0.2) is 47.1 Å². The minimum atomic E-state index is -0.144. The second kappa shape index (κ2) is 7.72. The number of anilines is 1. The molecule has 1 N–H and O–H groups in total. The summed E-state index contributed by atoms with van der Waals surface area (Å²) >= 11 is 1.44. The Labute approximate surface area is 189 Å². The van der Waals surface area contributed by atoms with Crippen LogP contribution in [0.5, 0.6) is 11.5 Å². The Bertz CT molecular complexity index is 1320. The van der Waals surface area contributed by atoms with E-state index in [-0.39, 0.29) is 5.91 Å². The number of carbonyl (C=O) groups is 1. The Balaban J connectivity index is 1.40. The van der Waals surface area contributed by atoms with Crippen molar-refractivity contribution in [3.05, 3.63) is 53.2 Å². The van der Waals surface area contributed by atoms with Gasteiger partial charge in [0.1, 0.15) is 13.2 Å². The first-order chi connectivity index (χ1) is 15.7. The minimum Gasteiger partial charge on any atom is -0.486 e. The molecular weight excluding hydrogens is 424 g/mol. The molecule has 2 aromatic heterocycles. The summed E-state index contributed by atoms with van der Waals surface area (Å²) in [6.07, 6.45) is 0.848. The van der Waals surface area contributed by atoms with Gasteiger partial charge in [0, 0.05) is 48.3 Å². The van der Waals surface area contributed by atoms with Gasteiger partial charge in [0.05, 0.1) is 21.3 Å². The van der Waals surface area contributed by atoms with E-state index in [0.29, 0.717) is 29.7 Å². The predicted octanol–water partition coefficient (Wildman–Crippen LogP) is 4.25. The van der Waals surface area contributed by atoms with Crippen LogP contribution in [0.4, 0.5) is 5.13 Å². The van der Waals surface area contributed by atoms with Crippen LogP contribution in [0.3, 0.4) is 0 Å². The number of likely N-dealkylation sites (N-methyl/N-ethyl adjacent to an activating group) is 1. The Kier molecular flexibility index (Phi) is 4.69. The normalized spacial score (nSPS) is 15.7. The zero-order chi connectivity index (χ0) is 21.7. The van der Waals surface area contributed by atoms with Crippen molar-refractivity contribution in [1.29, 1.82) is 0 Å². The van der Waals surface area contributed by atoms with E-state index in [1.165, 1.54) is 11.3 Å². The van der Waals surface area contributed by atoms with Crippen LogP contribution in [0, 0.1) is 0 Å². The lowest BCUT2D eigenvalue weighted by Crippen LogP contribution is -2.33. The number of fused-ring (bicyclic) bond motifs is 4. The van der Waals surface area contributed by atoms with Gasteiger partial charge in [-0.25, -0.2) is 4.98 Å². The Hall–Kier alpha value is -3.23. The smallest absolute Gasteiger partial charge is 0.258 e.